The highest BCUT2D eigenvalue weighted by atomic mass is 35.5. The molecule has 0 aliphatic heterocycles. The van der Waals surface area contributed by atoms with E-state index < -0.39 is 5.97 Å². The predicted octanol–water partition coefficient (Wildman–Crippen LogP) is 2.98. The lowest BCUT2D eigenvalue weighted by Crippen LogP contribution is -2.05. The van der Waals surface area contributed by atoms with Crippen LogP contribution in [-0.2, 0) is 11.3 Å². The maximum absolute atomic E-state index is 11.8. The number of nitrogen functional groups attached to an aromatic ring is 1. The van der Waals surface area contributed by atoms with Gasteiger partial charge in [0.05, 0.1) is 11.3 Å². The quantitative estimate of drug-likeness (QED) is 0.514. The third-order valence-electron chi connectivity index (χ3n) is 2.55. The predicted molar refractivity (Wildman–Crippen MR) is 73.1 cm³/mol. The van der Waals surface area contributed by atoms with E-state index in [1.807, 2.05) is 0 Å². The Labute approximate surface area is 115 Å². The van der Waals surface area contributed by atoms with Crippen molar-refractivity contribution in [3.8, 4) is 5.75 Å². The lowest BCUT2D eigenvalue weighted by atomic mass is 10.2. The van der Waals surface area contributed by atoms with E-state index in [1.54, 1.807) is 24.3 Å². The van der Waals surface area contributed by atoms with E-state index in [0.717, 1.165) is 5.56 Å². The van der Waals surface area contributed by atoms with Crippen molar-refractivity contribution in [2.45, 2.75) is 6.61 Å². The molecule has 0 radical (unpaired) electrons. The molecule has 0 aliphatic carbocycles. The highest BCUT2D eigenvalue weighted by molar-refractivity contribution is 6.30. The van der Waals surface area contributed by atoms with Gasteiger partial charge < -0.3 is 15.6 Å². The summed E-state index contributed by atoms with van der Waals surface area (Å²) in [5.74, 6) is -0.559. The summed E-state index contributed by atoms with van der Waals surface area (Å²) in [6.07, 6.45) is 0. The molecule has 3 N–H and O–H groups in total. The van der Waals surface area contributed by atoms with Gasteiger partial charge in [0.15, 0.2) is 0 Å². The Morgan fingerprint density at radius 2 is 1.89 bits per heavy atom. The van der Waals surface area contributed by atoms with E-state index in [4.69, 9.17) is 22.1 Å². The zero-order valence-corrected chi connectivity index (χ0v) is 10.7. The van der Waals surface area contributed by atoms with E-state index in [0.29, 0.717) is 10.6 Å². The number of carbonyl (C=O) groups is 1. The maximum Gasteiger partial charge on any atom is 0.338 e. The van der Waals surface area contributed by atoms with Crippen molar-refractivity contribution in [2.24, 2.45) is 0 Å². The van der Waals surface area contributed by atoms with E-state index in [-0.39, 0.29) is 18.0 Å². The van der Waals surface area contributed by atoms with Crippen molar-refractivity contribution in [1.82, 2.24) is 0 Å². The van der Waals surface area contributed by atoms with Crippen LogP contribution < -0.4 is 5.73 Å². The van der Waals surface area contributed by atoms with Gasteiger partial charge >= 0.3 is 5.97 Å². The molecule has 2 aromatic rings. The Morgan fingerprint density at radius 1 is 1.21 bits per heavy atom. The molecular weight excluding hydrogens is 266 g/mol. The number of halogens is 1. The van der Waals surface area contributed by atoms with Crippen LogP contribution in [0.15, 0.2) is 42.5 Å². The van der Waals surface area contributed by atoms with Gasteiger partial charge in [-0.25, -0.2) is 4.79 Å². The van der Waals surface area contributed by atoms with Gasteiger partial charge in [0, 0.05) is 5.02 Å². The summed E-state index contributed by atoms with van der Waals surface area (Å²) >= 11 is 5.76. The summed E-state index contributed by atoms with van der Waals surface area (Å²) in [6.45, 7) is 0.150. The third-order valence-corrected chi connectivity index (χ3v) is 2.80. The van der Waals surface area contributed by atoms with Crippen molar-refractivity contribution in [3.63, 3.8) is 0 Å². The molecule has 0 amide bonds. The number of hydrogen-bond acceptors (Lipinski definition) is 4. The lowest BCUT2D eigenvalue weighted by Gasteiger charge is -2.06. The van der Waals surface area contributed by atoms with E-state index >= 15 is 0 Å². The zero-order chi connectivity index (χ0) is 13.8. The van der Waals surface area contributed by atoms with Gasteiger partial charge in [0.2, 0.25) is 0 Å². The SMILES string of the molecule is Nc1cc(C(=O)OCc2ccc(Cl)cc2)ccc1O. The Hall–Kier alpha value is -2.20. The minimum absolute atomic E-state index is 0.0609. The average Bonchev–Trinajstić information content (AvgIpc) is 2.41. The normalized spacial score (nSPS) is 10.2. The Morgan fingerprint density at radius 3 is 2.53 bits per heavy atom. The van der Waals surface area contributed by atoms with Gasteiger partial charge in [-0.15, -0.1) is 0 Å². The summed E-state index contributed by atoms with van der Waals surface area (Å²) < 4.78 is 5.13. The van der Waals surface area contributed by atoms with Crippen LogP contribution in [0.1, 0.15) is 15.9 Å². The van der Waals surface area contributed by atoms with Gasteiger partial charge in [-0.05, 0) is 35.9 Å². The molecule has 0 aromatic heterocycles. The molecule has 0 aliphatic rings. The number of nitrogens with two attached hydrogens (primary N) is 1. The van der Waals surface area contributed by atoms with E-state index in [1.165, 1.54) is 18.2 Å². The highest BCUT2D eigenvalue weighted by Gasteiger charge is 2.09. The number of phenolic OH excluding ortho intramolecular Hbond substituents is 1. The monoisotopic (exact) mass is 277 g/mol. The zero-order valence-electron chi connectivity index (χ0n) is 9.97. The summed E-state index contributed by atoms with van der Waals surface area (Å²) in [5.41, 5.74) is 6.78. The minimum atomic E-state index is -0.498. The van der Waals surface area contributed by atoms with Gasteiger partial charge in [-0.1, -0.05) is 23.7 Å². The molecule has 2 rings (SSSR count). The number of benzene rings is 2. The van der Waals surface area contributed by atoms with Gasteiger partial charge in [-0.2, -0.15) is 0 Å². The van der Waals surface area contributed by atoms with E-state index in [9.17, 15) is 9.90 Å². The largest absolute Gasteiger partial charge is 0.506 e. The highest BCUT2D eigenvalue weighted by Crippen LogP contribution is 2.21. The Kier molecular flexibility index (Phi) is 3.92. The van der Waals surface area contributed by atoms with Gasteiger partial charge in [0.1, 0.15) is 12.4 Å². The van der Waals surface area contributed by atoms with Crippen LogP contribution >= 0.6 is 11.6 Å². The van der Waals surface area contributed by atoms with Crippen molar-refractivity contribution in [1.29, 1.82) is 0 Å². The van der Waals surface area contributed by atoms with Crippen LogP contribution in [0, 0.1) is 0 Å². The molecule has 0 spiro atoms. The first-order valence-corrected chi connectivity index (χ1v) is 5.94. The fraction of sp³-hybridized carbons (Fsp3) is 0.0714. The fourth-order valence-electron chi connectivity index (χ4n) is 1.49. The van der Waals surface area contributed by atoms with Crippen LogP contribution in [0.4, 0.5) is 5.69 Å². The third kappa shape index (κ3) is 3.39. The first-order valence-electron chi connectivity index (χ1n) is 5.56. The molecule has 0 saturated heterocycles. The first-order chi connectivity index (χ1) is 9.06. The number of esters is 1. The van der Waals surface area contributed by atoms with Gasteiger partial charge in [-0.3, -0.25) is 0 Å². The van der Waals surface area contributed by atoms with Crippen LogP contribution in [0.5, 0.6) is 5.75 Å². The lowest BCUT2D eigenvalue weighted by molar-refractivity contribution is 0.0473. The molecule has 0 fully saturated rings. The first kappa shape index (κ1) is 13.2. The van der Waals surface area contributed by atoms with Crippen molar-refractivity contribution >= 4 is 23.3 Å². The molecule has 0 unspecified atom stereocenters. The Bertz CT molecular complexity index is 596. The number of aromatic hydroxyl groups is 1. The van der Waals surface area contributed by atoms with Crippen LogP contribution in [-0.4, -0.2) is 11.1 Å². The second-order valence-electron chi connectivity index (χ2n) is 3.98. The molecule has 98 valence electrons. The minimum Gasteiger partial charge on any atom is -0.506 e. The number of hydrogen-bond donors (Lipinski definition) is 2. The number of ether oxygens (including phenoxy) is 1. The molecule has 2 aromatic carbocycles. The number of anilines is 1. The Balaban J connectivity index is 2.01. The standard InChI is InChI=1S/C14H12ClNO3/c15-11-4-1-9(2-5-11)8-19-14(18)10-3-6-13(17)12(16)7-10/h1-7,17H,8,16H2. The smallest absolute Gasteiger partial charge is 0.338 e. The van der Waals surface area contributed by atoms with Crippen LogP contribution in [0.3, 0.4) is 0 Å². The van der Waals surface area contributed by atoms with Crippen molar-refractivity contribution in [2.75, 3.05) is 5.73 Å². The molecule has 19 heavy (non-hydrogen) atoms. The molecule has 0 atom stereocenters. The molecule has 0 heterocycles. The number of phenols is 1. The molecule has 0 saturated carbocycles. The number of rotatable bonds is 3. The number of carbonyl (C=O) groups excluding carboxylic acids is 1. The topological polar surface area (TPSA) is 72.6 Å². The molecule has 0 bridgehead atoms. The van der Waals surface area contributed by atoms with E-state index in [2.05, 4.69) is 0 Å². The average molecular weight is 278 g/mol. The van der Waals surface area contributed by atoms with Crippen molar-refractivity contribution in [3.05, 3.63) is 58.6 Å². The summed E-state index contributed by atoms with van der Waals surface area (Å²) in [6, 6.07) is 11.2. The summed E-state index contributed by atoms with van der Waals surface area (Å²) in [5, 5.41) is 9.90. The summed E-state index contributed by atoms with van der Waals surface area (Å²) in [4.78, 5) is 11.8. The van der Waals surface area contributed by atoms with Gasteiger partial charge in [0.25, 0.3) is 0 Å². The van der Waals surface area contributed by atoms with Crippen LogP contribution in [0.2, 0.25) is 5.02 Å². The second-order valence-corrected chi connectivity index (χ2v) is 4.41. The fourth-order valence-corrected chi connectivity index (χ4v) is 1.62. The maximum atomic E-state index is 11.8. The molecular formula is C14H12ClNO3. The molecule has 4 nitrogen and oxygen atoms in total. The second kappa shape index (κ2) is 5.63. The molecule has 5 heteroatoms. The van der Waals surface area contributed by atoms with Crippen molar-refractivity contribution < 1.29 is 14.6 Å². The summed E-state index contributed by atoms with van der Waals surface area (Å²) in [7, 11) is 0. The van der Waals surface area contributed by atoms with Crippen LogP contribution in [0.25, 0.3) is 0 Å².